The number of rotatable bonds is 4. The number of carbonyl (C=O) groups is 1. The van der Waals surface area contributed by atoms with Gasteiger partial charge in [0, 0.05) is 25.8 Å². The molecule has 0 saturated carbocycles. The highest BCUT2D eigenvalue weighted by molar-refractivity contribution is 5.94. The van der Waals surface area contributed by atoms with E-state index in [4.69, 9.17) is 5.11 Å². The largest absolute Gasteiger partial charge is 0.396 e. The minimum atomic E-state index is -0.000336. The number of nitrogens with one attached hydrogen (secondary N) is 1. The number of aromatic amines is 1. The molecule has 0 saturated heterocycles. The van der Waals surface area contributed by atoms with E-state index in [1.165, 1.54) is 0 Å². The molecule has 18 heavy (non-hydrogen) atoms. The zero-order valence-electron chi connectivity index (χ0n) is 10.6. The number of carbonyl (C=O) groups excluding carboxylic acids is 1. The van der Waals surface area contributed by atoms with Crippen LogP contribution in [0.4, 0.5) is 5.69 Å². The maximum absolute atomic E-state index is 11.8. The lowest BCUT2D eigenvalue weighted by molar-refractivity contribution is -0.118. The molecule has 0 radical (unpaired) electrons. The Bertz CT molecular complexity index is 562. The van der Waals surface area contributed by atoms with Crippen molar-refractivity contribution in [2.75, 3.05) is 18.6 Å². The summed E-state index contributed by atoms with van der Waals surface area (Å²) in [5.41, 5.74) is 2.65. The highest BCUT2D eigenvalue weighted by atomic mass is 16.3. The average molecular weight is 247 g/mol. The molecule has 0 fully saturated rings. The summed E-state index contributed by atoms with van der Waals surface area (Å²) in [5.74, 6) is 0.857. The van der Waals surface area contributed by atoms with Crippen LogP contribution < -0.4 is 4.90 Å². The van der Waals surface area contributed by atoms with E-state index >= 15 is 0 Å². The zero-order valence-corrected chi connectivity index (χ0v) is 10.6. The number of imidazole rings is 1. The Kier molecular flexibility index (Phi) is 3.62. The molecule has 0 atom stereocenters. The van der Waals surface area contributed by atoms with Crippen molar-refractivity contribution in [3.63, 3.8) is 0 Å². The Hall–Kier alpha value is -1.88. The lowest BCUT2D eigenvalue weighted by Crippen LogP contribution is -2.26. The van der Waals surface area contributed by atoms with Gasteiger partial charge in [0.05, 0.1) is 11.0 Å². The molecule has 0 bridgehead atoms. The van der Waals surface area contributed by atoms with Crippen LogP contribution in [0.3, 0.4) is 0 Å². The molecule has 96 valence electrons. The number of aliphatic hydroxyl groups excluding tert-OH is 1. The van der Waals surface area contributed by atoms with Gasteiger partial charge in [0.2, 0.25) is 5.91 Å². The maximum Gasteiger partial charge on any atom is 0.226 e. The third-order valence-electron chi connectivity index (χ3n) is 2.89. The van der Waals surface area contributed by atoms with Crippen molar-refractivity contribution in [2.24, 2.45) is 0 Å². The number of fused-ring (bicyclic) bond motifs is 1. The fourth-order valence-corrected chi connectivity index (χ4v) is 1.88. The predicted molar refractivity (Wildman–Crippen MR) is 70.6 cm³/mol. The van der Waals surface area contributed by atoms with Gasteiger partial charge in [-0.25, -0.2) is 4.98 Å². The first-order valence-corrected chi connectivity index (χ1v) is 5.95. The van der Waals surface area contributed by atoms with E-state index in [9.17, 15) is 4.79 Å². The van der Waals surface area contributed by atoms with Crippen LogP contribution >= 0.6 is 0 Å². The van der Waals surface area contributed by atoms with Gasteiger partial charge in [-0.05, 0) is 31.5 Å². The van der Waals surface area contributed by atoms with E-state index in [2.05, 4.69) is 9.97 Å². The van der Waals surface area contributed by atoms with Gasteiger partial charge in [-0.1, -0.05) is 0 Å². The molecule has 0 aliphatic rings. The van der Waals surface area contributed by atoms with Crippen molar-refractivity contribution < 1.29 is 9.90 Å². The van der Waals surface area contributed by atoms with E-state index < -0.39 is 0 Å². The molecule has 5 heteroatoms. The fourth-order valence-electron chi connectivity index (χ4n) is 1.88. The number of H-pyrrole nitrogens is 1. The highest BCUT2D eigenvalue weighted by Gasteiger charge is 2.11. The van der Waals surface area contributed by atoms with Crippen molar-refractivity contribution in [2.45, 2.75) is 19.8 Å². The predicted octanol–water partition coefficient (Wildman–Crippen LogP) is 1.61. The first-order valence-electron chi connectivity index (χ1n) is 5.95. The van der Waals surface area contributed by atoms with Gasteiger partial charge in [-0.15, -0.1) is 0 Å². The highest BCUT2D eigenvalue weighted by Crippen LogP contribution is 2.20. The summed E-state index contributed by atoms with van der Waals surface area (Å²) in [6.45, 7) is 1.94. The van der Waals surface area contributed by atoms with Crippen LogP contribution in [0.25, 0.3) is 11.0 Å². The maximum atomic E-state index is 11.8. The van der Waals surface area contributed by atoms with Crippen LogP contribution in [-0.2, 0) is 4.79 Å². The minimum absolute atomic E-state index is 0.000336. The second-order valence-corrected chi connectivity index (χ2v) is 4.30. The lowest BCUT2D eigenvalue weighted by atomic mass is 10.2. The summed E-state index contributed by atoms with van der Waals surface area (Å²) in [6, 6.07) is 5.68. The monoisotopic (exact) mass is 247 g/mol. The number of aryl methyl sites for hydroxylation is 1. The van der Waals surface area contributed by atoms with Crippen LogP contribution in [0.1, 0.15) is 18.7 Å². The number of hydrogen-bond acceptors (Lipinski definition) is 3. The van der Waals surface area contributed by atoms with E-state index in [0.717, 1.165) is 22.5 Å². The molecule has 2 aromatic rings. The first kappa shape index (κ1) is 12.6. The number of benzene rings is 1. The number of hydrogen-bond donors (Lipinski definition) is 2. The summed E-state index contributed by atoms with van der Waals surface area (Å²) in [4.78, 5) is 20.9. The number of amides is 1. The smallest absolute Gasteiger partial charge is 0.226 e. The van der Waals surface area contributed by atoms with Crippen LogP contribution in [0.5, 0.6) is 0 Å². The van der Waals surface area contributed by atoms with Gasteiger partial charge in [-0.2, -0.15) is 0 Å². The molecule has 0 spiro atoms. The number of aromatic nitrogens is 2. The molecule has 0 aliphatic carbocycles. The lowest BCUT2D eigenvalue weighted by Gasteiger charge is -2.17. The van der Waals surface area contributed by atoms with E-state index in [1.807, 2.05) is 25.1 Å². The Labute approximate surface area is 105 Å². The van der Waals surface area contributed by atoms with Gasteiger partial charge in [0.1, 0.15) is 5.82 Å². The number of aliphatic hydroxyl groups is 1. The van der Waals surface area contributed by atoms with Gasteiger partial charge >= 0.3 is 0 Å². The van der Waals surface area contributed by atoms with Crippen LogP contribution in [0, 0.1) is 6.92 Å². The molecule has 2 rings (SSSR count). The van der Waals surface area contributed by atoms with Crippen LogP contribution in [0.2, 0.25) is 0 Å². The quantitative estimate of drug-likeness (QED) is 0.862. The fraction of sp³-hybridized carbons (Fsp3) is 0.385. The van der Waals surface area contributed by atoms with Gasteiger partial charge in [0.15, 0.2) is 0 Å². The molecule has 0 unspecified atom stereocenters. The topological polar surface area (TPSA) is 69.2 Å². The summed E-state index contributed by atoms with van der Waals surface area (Å²) < 4.78 is 0. The molecule has 1 amide bonds. The minimum Gasteiger partial charge on any atom is -0.396 e. The SMILES string of the molecule is Cc1nc2ccc(N(C)C(=O)CCCO)cc2[nH]1. The summed E-state index contributed by atoms with van der Waals surface area (Å²) in [5, 5.41) is 8.73. The van der Waals surface area contributed by atoms with Gasteiger partial charge in [0.25, 0.3) is 0 Å². The van der Waals surface area contributed by atoms with Crippen LogP contribution in [-0.4, -0.2) is 34.6 Å². The molecule has 1 aromatic carbocycles. The van der Waals surface area contributed by atoms with Crippen molar-refractivity contribution in [1.29, 1.82) is 0 Å². The Balaban J connectivity index is 2.21. The molecular weight excluding hydrogens is 230 g/mol. The molecule has 1 aromatic heterocycles. The van der Waals surface area contributed by atoms with E-state index in [-0.39, 0.29) is 12.5 Å². The number of anilines is 1. The summed E-state index contributed by atoms with van der Waals surface area (Å²) in [7, 11) is 1.74. The molecular formula is C13H17N3O2. The molecule has 5 nitrogen and oxygen atoms in total. The first-order chi connectivity index (χ1) is 8.61. The summed E-state index contributed by atoms with van der Waals surface area (Å²) in [6.07, 6.45) is 0.849. The average Bonchev–Trinajstić information content (AvgIpc) is 2.73. The van der Waals surface area contributed by atoms with Crippen molar-refractivity contribution >= 4 is 22.6 Å². The third kappa shape index (κ3) is 2.51. The molecule has 1 heterocycles. The Morgan fingerprint density at radius 1 is 1.50 bits per heavy atom. The zero-order chi connectivity index (χ0) is 13.1. The third-order valence-corrected chi connectivity index (χ3v) is 2.89. The summed E-state index contributed by atoms with van der Waals surface area (Å²) >= 11 is 0. The van der Waals surface area contributed by atoms with Crippen LogP contribution in [0.15, 0.2) is 18.2 Å². The van der Waals surface area contributed by atoms with Crippen molar-refractivity contribution in [1.82, 2.24) is 9.97 Å². The second-order valence-electron chi connectivity index (χ2n) is 4.30. The normalized spacial score (nSPS) is 10.8. The molecule has 2 N–H and O–H groups in total. The van der Waals surface area contributed by atoms with E-state index in [1.54, 1.807) is 11.9 Å². The Morgan fingerprint density at radius 3 is 3.00 bits per heavy atom. The van der Waals surface area contributed by atoms with Crippen molar-refractivity contribution in [3.8, 4) is 0 Å². The van der Waals surface area contributed by atoms with Gasteiger partial charge < -0.3 is 15.0 Å². The van der Waals surface area contributed by atoms with Gasteiger partial charge in [-0.3, -0.25) is 4.79 Å². The standard InChI is InChI=1S/C13H17N3O2/c1-9-14-11-6-5-10(8-12(11)15-9)16(2)13(18)4-3-7-17/h5-6,8,17H,3-4,7H2,1-2H3,(H,14,15). The molecule has 0 aliphatic heterocycles. The Morgan fingerprint density at radius 2 is 2.28 bits per heavy atom. The second kappa shape index (κ2) is 5.18. The number of nitrogens with zero attached hydrogens (tertiary/aromatic N) is 2. The van der Waals surface area contributed by atoms with E-state index in [0.29, 0.717) is 12.8 Å². The van der Waals surface area contributed by atoms with Crippen molar-refractivity contribution in [3.05, 3.63) is 24.0 Å².